The Morgan fingerprint density at radius 1 is 1.25 bits per heavy atom. The minimum Gasteiger partial charge on any atom is -0.463 e. The lowest BCUT2D eigenvalue weighted by atomic mass is 10.1. The number of furan rings is 1. The Labute approximate surface area is 185 Å². The molecule has 0 saturated heterocycles. The maximum atomic E-state index is 14.0. The summed E-state index contributed by atoms with van der Waals surface area (Å²) in [7, 11) is 1.86. The molecule has 0 aliphatic heterocycles. The van der Waals surface area contributed by atoms with Gasteiger partial charge in [-0.05, 0) is 55.1 Å². The minimum atomic E-state index is -0.471. The van der Waals surface area contributed by atoms with E-state index in [2.05, 4.69) is 20.4 Å². The number of imidazole rings is 1. The standard InChI is InChI=1S/C22H16FN5O3S/c1-12-19-14(11-15(17-4-3-9-30-17)26-21(19)31-27-12)20(29)25-16-10-13(23)5-6-18(16)32-22-24-7-8-28(22)2/h3-11H,1-2H3,(H,25,29). The highest BCUT2D eigenvalue weighted by atomic mass is 32.2. The van der Waals surface area contributed by atoms with Crippen LogP contribution in [0.4, 0.5) is 10.1 Å². The summed E-state index contributed by atoms with van der Waals surface area (Å²) in [5.41, 5.74) is 1.76. The van der Waals surface area contributed by atoms with Gasteiger partial charge >= 0.3 is 0 Å². The predicted octanol–water partition coefficient (Wildman–Crippen LogP) is 5.07. The molecule has 10 heteroatoms. The number of rotatable bonds is 5. The van der Waals surface area contributed by atoms with E-state index in [0.717, 1.165) is 0 Å². The van der Waals surface area contributed by atoms with E-state index in [-0.39, 0.29) is 11.3 Å². The Hall–Kier alpha value is -3.92. The summed E-state index contributed by atoms with van der Waals surface area (Å²) in [6.45, 7) is 1.72. The Bertz CT molecular complexity index is 1440. The SMILES string of the molecule is Cc1noc2nc(-c3ccco3)cc(C(=O)Nc3cc(F)ccc3Sc3nccn3C)c12. The zero-order chi connectivity index (χ0) is 22.2. The summed E-state index contributed by atoms with van der Waals surface area (Å²) in [5, 5.41) is 7.93. The smallest absolute Gasteiger partial charge is 0.259 e. The Morgan fingerprint density at radius 2 is 2.12 bits per heavy atom. The van der Waals surface area contributed by atoms with Gasteiger partial charge in [-0.25, -0.2) is 14.4 Å². The molecule has 0 aliphatic carbocycles. The number of hydrogen-bond donors (Lipinski definition) is 1. The van der Waals surface area contributed by atoms with Crippen molar-refractivity contribution in [3.05, 3.63) is 72.1 Å². The number of anilines is 1. The van der Waals surface area contributed by atoms with E-state index in [1.54, 1.807) is 37.4 Å². The molecule has 1 N–H and O–H groups in total. The molecular formula is C22H16FN5O3S. The molecule has 0 atom stereocenters. The molecule has 0 aliphatic rings. The molecule has 0 fully saturated rings. The van der Waals surface area contributed by atoms with Crippen molar-refractivity contribution >= 4 is 34.5 Å². The Kier molecular flexibility index (Phi) is 4.98. The molecule has 4 heterocycles. The second kappa shape index (κ2) is 7.97. The summed E-state index contributed by atoms with van der Waals surface area (Å²) in [6.07, 6.45) is 4.99. The quantitative estimate of drug-likeness (QED) is 0.400. The van der Waals surface area contributed by atoms with Crippen molar-refractivity contribution in [1.82, 2.24) is 19.7 Å². The zero-order valence-corrected chi connectivity index (χ0v) is 17.8. The molecule has 5 aromatic rings. The van der Waals surface area contributed by atoms with Crippen LogP contribution in [-0.2, 0) is 7.05 Å². The summed E-state index contributed by atoms with van der Waals surface area (Å²) in [6, 6.07) is 9.27. The number of aryl methyl sites for hydroxylation is 2. The molecule has 4 aromatic heterocycles. The maximum Gasteiger partial charge on any atom is 0.259 e. The molecule has 0 spiro atoms. The van der Waals surface area contributed by atoms with Crippen molar-refractivity contribution in [2.24, 2.45) is 7.05 Å². The van der Waals surface area contributed by atoms with Gasteiger partial charge in [-0.15, -0.1) is 0 Å². The molecule has 0 saturated carbocycles. The van der Waals surface area contributed by atoms with Crippen LogP contribution in [0.15, 0.2) is 74.0 Å². The van der Waals surface area contributed by atoms with Gasteiger partial charge in [0.1, 0.15) is 11.5 Å². The first-order valence-electron chi connectivity index (χ1n) is 9.56. The van der Waals surface area contributed by atoms with Crippen molar-refractivity contribution < 1.29 is 18.1 Å². The van der Waals surface area contributed by atoms with E-state index in [1.165, 1.54) is 30.2 Å². The van der Waals surface area contributed by atoms with Gasteiger partial charge in [0, 0.05) is 24.3 Å². The third-order valence-corrected chi connectivity index (χ3v) is 5.96. The van der Waals surface area contributed by atoms with Crippen molar-refractivity contribution in [1.29, 1.82) is 0 Å². The van der Waals surface area contributed by atoms with Gasteiger partial charge in [-0.2, -0.15) is 0 Å². The summed E-state index contributed by atoms with van der Waals surface area (Å²) < 4.78 is 26.6. The number of carbonyl (C=O) groups is 1. The lowest BCUT2D eigenvalue weighted by Gasteiger charge is -2.12. The van der Waals surface area contributed by atoms with Crippen molar-refractivity contribution in [2.75, 3.05) is 5.32 Å². The first-order valence-corrected chi connectivity index (χ1v) is 10.4. The van der Waals surface area contributed by atoms with Crippen LogP contribution in [0, 0.1) is 12.7 Å². The minimum absolute atomic E-state index is 0.211. The van der Waals surface area contributed by atoms with E-state index in [4.69, 9.17) is 8.94 Å². The molecule has 160 valence electrons. The Balaban J connectivity index is 1.55. The summed E-state index contributed by atoms with van der Waals surface area (Å²) in [4.78, 5) is 22.7. The van der Waals surface area contributed by atoms with Crippen LogP contribution in [0.25, 0.3) is 22.6 Å². The Morgan fingerprint density at radius 3 is 2.88 bits per heavy atom. The fourth-order valence-electron chi connectivity index (χ4n) is 3.25. The van der Waals surface area contributed by atoms with E-state index >= 15 is 0 Å². The predicted molar refractivity (Wildman–Crippen MR) is 116 cm³/mol. The van der Waals surface area contributed by atoms with Crippen LogP contribution >= 0.6 is 11.8 Å². The fraction of sp³-hybridized carbons (Fsp3) is 0.0909. The number of nitrogens with one attached hydrogen (secondary N) is 1. The highest BCUT2D eigenvalue weighted by Gasteiger charge is 2.21. The first-order chi connectivity index (χ1) is 15.5. The van der Waals surface area contributed by atoms with Gasteiger partial charge in [0.15, 0.2) is 10.9 Å². The largest absolute Gasteiger partial charge is 0.463 e. The van der Waals surface area contributed by atoms with E-state index < -0.39 is 11.7 Å². The van der Waals surface area contributed by atoms with Crippen LogP contribution in [-0.4, -0.2) is 25.6 Å². The van der Waals surface area contributed by atoms with E-state index in [0.29, 0.717) is 38.3 Å². The third-order valence-electron chi connectivity index (χ3n) is 4.80. The van der Waals surface area contributed by atoms with Gasteiger partial charge < -0.3 is 18.8 Å². The molecule has 0 unspecified atom stereocenters. The van der Waals surface area contributed by atoms with Crippen molar-refractivity contribution in [3.8, 4) is 11.5 Å². The first kappa shape index (κ1) is 20.0. The van der Waals surface area contributed by atoms with Gasteiger partial charge in [0.25, 0.3) is 11.6 Å². The molecular weight excluding hydrogens is 433 g/mol. The summed E-state index contributed by atoms with van der Waals surface area (Å²) in [5.74, 6) is -0.447. The van der Waals surface area contributed by atoms with Crippen LogP contribution in [0.3, 0.4) is 0 Å². The molecule has 1 aromatic carbocycles. The molecule has 8 nitrogen and oxygen atoms in total. The highest BCUT2D eigenvalue weighted by Crippen LogP contribution is 2.34. The number of carbonyl (C=O) groups excluding carboxylic acids is 1. The summed E-state index contributed by atoms with van der Waals surface area (Å²) >= 11 is 1.32. The second-order valence-corrected chi connectivity index (χ2v) is 8.01. The number of amides is 1. The maximum absolute atomic E-state index is 14.0. The fourth-order valence-corrected chi connectivity index (χ4v) is 4.12. The third kappa shape index (κ3) is 3.65. The van der Waals surface area contributed by atoms with Crippen LogP contribution in [0.5, 0.6) is 0 Å². The van der Waals surface area contributed by atoms with Crippen LogP contribution < -0.4 is 5.32 Å². The number of pyridine rings is 1. The topological polar surface area (TPSA) is 99.0 Å². The average Bonchev–Trinajstić information content (AvgIpc) is 3.52. The molecule has 32 heavy (non-hydrogen) atoms. The van der Waals surface area contributed by atoms with Gasteiger partial charge in [-0.3, -0.25) is 4.79 Å². The number of fused-ring (bicyclic) bond motifs is 1. The lowest BCUT2D eigenvalue weighted by molar-refractivity contribution is 0.102. The number of hydrogen-bond acceptors (Lipinski definition) is 7. The number of halogens is 1. The van der Waals surface area contributed by atoms with E-state index in [9.17, 15) is 9.18 Å². The van der Waals surface area contributed by atoms with Crippen molar-refractivity contribution in [3.63, 3.8) is 0 Å². The lowest BCUT2D eigenvalue weighted by Crippen LogP contribution is -2.14. The number of benzene rings is 1. The molecule has 5 rings (SSSR count). The van der Waals surface area contributed by atoms with Crippen molar-refractivity contribution in [2.45, 2.75) is 17.0 Å². The molecule has 0 bridgehead atoms. The normalized spacial score (nSPS) is 11.2. The highest BCUT2D eigenvalue weighted by molar-refractivity contribution is 7.99. The van der Waals surface area contributed by atoms with E-state index in [1.807, 2.05) is 17.8 Å². The van der Waals surface area contributed by atoms with Gasteiger partial charge in [0.05, 0.1) is 28.6 Å². The van der Waals surface area contributed by atoms with Gasteiger partial charge in [-0.1, -0.05) is 5.16 Å². The van der Waals surface area contributed by atoms with Crippen LogP contribution in [0.1, 0.15) is 16.1 Å². The monoisotopic (exact) mass is 449 g/mol. The zero-order valence-electron chi connectivity index (χ0n) is 17.0. The second-order valence-electron chi connectivity index (χ2n) is 7.00. The number of nitrogens with zero attached hydrogens (tertiary/aromatic N) is 4. The molecule has 0 radical (unpaired) electrons. The molecule has 1 amide bonds. The number of aromatic nitrogens is 4. The average molecular weight is 449 g/mol. The van der Waals surface area contributed by atoms with Gasteiger partial charge in [0.2, 0.25) is 0 Å². The van der Waals surface area contributed by atoms with Crippen LogP contribution in [0.2, 0.25) is 0 Å².